The first kappa shape index (κ1) is 9.14. The molecule has 2 aliphatic heterocycles. The smallest absolute Gasteiger partial charge is 0.115 e. The summed E-state index contributed by atoms with van der Waals surface area (Å²) in [5.41, 5.74) is 0.432. The summed E-state index contributed by atoms with van der Waals surface area (Å²) in [4.78, 5) is 2.50. The van der Waals surface area contributed by atoms with Crippen molar-refractivity contribution in [2.45, 2.75) is 57.8 Å². The van der Waals surface area contributed by atoms with Gasteiger partial charge in [0.05, 0.1) is 0 Å². The Kier molecular flexibility index (Phi) is 1.53. The van der Waals surface area contributed by atoms with E-state index in [1.807, 2.05) is 0 Å². The highest BCUT2D eigenvalue weighted by atomic mass is 19.1. The van der Waals surface area contributed by atoms with E-state index in [9.17, 15) is 4.39 Å². The second kappa shape index (κ2) is 2.34. The third-order valence-corrected chi connectivity index (χ3v) is 4.79. The second-order valence-electron chi connectivity index (χ2n) is 6.50. The molecule has 0 aromatic heterocycles. The number of nitrogens with zero attached hydrogens (tertiary/aromatic N) is 1. The molecule has 0 aromatic rings. The SMILES string of the molecule is CC(C)(C)C12CC(F)CN1[C@@H]1C[C@@H]1C2. The van der Waals surface area contributed by atoms with Gasteiger partial charge in [-0.1, -0.05) is 20.8 Å². The molecule has 2 saturated heterocycles. The van der Waals surface area contributed by atoms with E-state index in [0.717, 1.165) is 18.4 Å². The van der Waals surface area contributed by atoms with Crippen LogP contribution in [0.3, 0.4) is 0 Å². The van der Waals surface area contributed by atoms with Gasteiger partial charge in [0.1, 0.15) is 6.17 Å². The largest absolute Gasteiger partial charge is 0.291 e. The van der Waals surface area contributed by atoms with Gasteiger partial charge in [0.15, 0.2) is 0 Å². The van der Waals surface area contributed by atoms with Crippen molar-refractivity contribution in [1.82, 2.24) is 4.90 Å². The number of rotatable bonds is 0. The highest BCUT2D eigenvalue weighted by Crippen LogP contribution is 2.62. The molecule has 0 aromatic carbocycles. The summed E-state index contributed by atoms with van der Waals surface area (Å²) in [5, 5.41) is 0. The number of alkyl halides is 1. The standard InChI is InChI=1S/C12H20FN/c1-11(2,3)12-5-8-4-10(8)14(12)7-9(13)6-12/h8-10H,4-7H2,1-3H3/t8-,9?,10-,12?/m1/s1. The van der Waals surface area contributed by atoms with Crippen LogP contribution in [0, 0.1) is 11.3 Å². The molecular weight excluding hydrogens is 177 g/mol. The van der Waals surface area contributed by atoms with E-state index in [-0.39, 0.29) is 11.0 Å². The molecular formula is C12H20FN. The van der Waals surface area contributed by atoms with Gasteiger partial charge in [-0.15, -0.1) is 0 Å². The van der Waals surface area contributed by atoms with Gasteiger partial charge in [-0.2, -0.15) is 0 Å². The van der Waals surface area contributed by atoms with Crippen molar-refractivity contribution < 1.29 is 4.39 Å². The van der Waals surface area contributed by atoms with E-state index in [2.05, 4.69) is 25.7 Å². The fraction of sp³-hybridized carbons (Fsp3) is 1.00. The van der Waals surface area contributed by atoms with Gasteiger partial charge in [0.25, 0.3) is 0 Å². The van der Waals surface area contributed by atoms with Crippen LogP contribution in [0.25, 0.3) is 0 Å². The van der Waals surface area contributed by atoms with Crippen LogP contribution in [-0.2, 0) is 0 Å². The molecule has 4 atom stereocenters. The zero-order chi connectivity index (χ0) is 10.1. The van der Waals surface area contributed by atoms with Gasteiger partial charge < -0.3 is 0 Å². The van der Waals surface area contributed by atoms with Crippen molar-refractivity contribution in [2.75, 3.05) is 6.54 Å². The van der Waals surface area contributed by atoms with Gasteiger partial charge in [0, 0.05) is 18.1 Å². The molecule has 3 rings (SSSR count). The van der Waals surface area contributed by atoms with Gasteiger partial charge in [-0.25, -0.2) is 4.39 Å². The zero-order valence-electron chi connectivity index (χ0n) is 9.39. The molecule has 0 amide bonds. The van der Waals surface area contributed by atoms with Crippen LogP contribution < -0.4 is 0 Å². The average Bonchev–Trinajstić information content (AvgIpc) is 2.56. The van der Waals surface area contributed by atoms with Crippen molar-refractivity contribution in [1.29, 1.82) is 0 Å². The van der Waals surface area contributed by atoms with Crippen LogP contribution in [0.5, 0.6) is 0 Å². The first-order valence-corrected chi connectivity index (χ1v) is 5.85. The summed E-state index contributed by atoms with van der Waals surface area (Å²) in [7, 11) is 0. The normalized spacial score (nSPS) is 51.9. The predicted molar refractivity (Wildman–Crippen MR) is 54.9 cm³/mol. The summed E-state index contributed by atoms with van der Waals surface area (Å²) < 4.78 is 13.6. The van der Waals surface area contributed by atoms with E-state index in [1.165, 1.54) is 12.8 Å². The number of halogens is 1. The molecule has 3 aliphatic rings. The molecule has 2 heteroatoms. The molecule has 1 aliphatic carbocycles. The van der Waals surface area contributed by atoms with Crippen LogP contribution in [0.1, 0.15) is 40.0 Å². The summed E-state index contributed by atoms with van der Waals surface area (Å²) in [6.45, 7) is 7.55. The molecule has 2 unspecified atom stereocenters. The van der Waals surface area contributed by atoms with Crippen LogP contribution in [0.15, 0.2) is 0 Å². The molecule has 0 radical (unpaired) electrons. The lowest BCUT2D eigenvalue weighted by Crippen LogP contribution is -2.51. The van der Waals surface area contributed by atoms with Gasteiger partial charge in [-0.05, 0) is 30.6 Å². The molecule has 0 spiro atoms. The van der Waals surface area contributed by atoms with E-state index in [4.69, 9.17) is 0 Å². The molecule has 0 bridgehead atoms. The summed E-state index contributed by atoms with van der Waals surface area (Å²) in [5.74, 6) is 0.904. The van der Waals surface area contributed by atoms with Gasteiger partial charge >= 0.3 is 0 Å². The summed E-state index contributed by atoms with van der Waals surface area (Å²) in [6, 6.07) is 0.745. The predicted octanol–water partition coefficient (Wildman–Crippen LogP) is 2.61. The van der Waals surface area contributed by atoms with Crippen LogP contribution in [-0.4, -0.2) is 29.2 Å². The van der Waals surface area contributed by atoms with Gasteiger partial charge in [-0.3, -0.25) is 4.90 Å². The van der Waals surface area contributed by atoms with Crippen molar-refractivity contribution in [3.8, 4) is 0 Å². The van der Waals surface area contributed by atoms with Gasteiger partial charge in [0.2, 0.25) is 0 Å². The van der Waals surface area contributed by atoms with E-state index < -0.39 is 6.17 Å². The van der Waals surface area contributed by atoms with Crippen molar-refractivity contribution in [3.05, 3.63) is 0 Å². The minimum atomic E-state index is -0.573. The Hall–Kier alpha value is -0.110. The first-order valence-electron chi connectivity index (χ1n) is 5.85. The number of piperidine rings is 1. The second-order valence-corrected chi connectivity index (χ2v) is 6.50. The average molecular weight is 197 g/mol. The van der Waals surface area contributed by atoms with Crippen LogP contribution in [0.2, 0.25) is 0 Å². The topological polar surface area (TPSA) is 3.24 Å². The molecule has 0 N–H and O–H groups in total. The maximum atomic E-state index is 13.6. The highest BCUT2D eigenvalue weighted by Gasteiger charge is 2.66. The Balaban J connectivity index is 1.97. The minimum absolute atomic E-state index is 0.194. The van der Waals surface area contributed by atoms with Crippen LogP contribution >= 0.6 is 0 Å². The van der Waals surface area contributed by atoms with E-state index in [0.29, 0.717) is 6.54 Å². The maximum absolute atomic E-state index is 13.6. The lowest BCUT2D eigenvalue weighted by molar-refractivity contribution is 0.0421. The molecule has 3 fully saturated rings. The molecule has 80 valence electrons. The molecule has 2 heterocycles. The molecule has 1 saturated carbocycles. The zero-order valence-corrected chi connectivity index (χ0v) is 9.39. The van der Waals surface area contributed by atoms with E-state index >= 15 is 0 Å². The number of hydrogen-bond donors (Lipinski definition) is 0. The Morgan fingerprint density at radius 3 is 2.57 bits per heavy atom. The highest BCUT2D eigenvalue weighted by molar-refractivity contribution is 5.20. The number of fused-ring (bicyclic) bond motifs is 3. The first-order chi connectivity index (χ1) is 6.44. The Labute approximate surface area is 85.7 Å². The fourth-order valence-corrected chi connectivity index (χ4v) is 3.90. The molecule has 1 nitrogen and oxygen atoms in total. The van der Waals surface area contributed by atoms with E-state index in [1.54, 1.807) is 0 Å². The number of hydrogen-bond acceptors (Lipinski definition) is 1. The van der Waals surface area contributed by atoms with Crippen molar-refractivity contribution >= 4 is 0 Å². The quantitative estimate of drug-likeness (QED) is 0.577. The lowest BCUT2D eigenvalue weighted by atomic mass is 9.70. The third kappa shape index (κ3) is 0.932. The molecule has 14 heavy (non-hydrogen) atoms. The Bertz CT molecular complexity index is 266. The van der Waals surface area contributed by atoms with Crippen molar-refractivity contribution in [2.24, 2.45) is 11.3 Å². The lowest BCUT2D eigenvalue weighted by Gasteiger charge is -2.45. The van der Waals surface area contributed by atoms with Crippen LogP contribution in [0.4, 0.5) is 4.39 Å². The summed E-state index contributed by atoms with van der Waals surface area (Å²) in [6.07, 6.45) is 2.80. The Morgan fingerprint density at radius 1 is 1.29 bits per heavy atom. The summed E-state index contributed by atoms with van der Waals surface area (Å²) >= 11 is 0. The fourth-order valence-electron chi connectivity index (χ4n) is 3.90. The maximum Gasteiger partial charge on any atom is 0.115 e. The van der Waals surface area contributed by atoms with Crippen molar-refractivity contribution in [3.63, 3.8) is 0 Å². The Morgan fingerprint density at radius 2 is 2.00 bits per heavy atom. The monoisotopic (exact) mass is 197 g/mol. The minimum Gasteiger partial charge on any atom is -0.291 e. The third-order valence-electron chi connectivity index (χ3n) is 4.79.